The van der Waals surface area contributed by atoms with Crippen LogP contribution in [0.4, 0.5) is 4.39 Å². The molecule has 28 heavy (non-hydrogen) atoms. The molecule has 0 aliphatic rings. The number of imidazole rings is 1. The highest BCUT2D eigenvalue weighted by Gasteiger charge is 2.26. The van der Waals surface area contributed by atoms with Crippen LogP contribution < -0.4 is 0 Å². The summed E-state index contributed by atoms with van der Waals surface area (Å²) >= 11 is 5.81. The summed E-state index contributed by atoms with van der Waals surface area (Å²) in [4.78, 5) is 4.15. The van der Waals surface area contributed by atoms with Crippen molar-refractivity contribution in [3.63, 3.8) is 0 Å². The zero-order valence-electron chi connectivity index (χ0n) is 16.7. The van der Waals surface area contributed by atoms with Crippen LogP contribution >= 0.6 is 11.6 Å². The molecule has 2 rings (SSSR count). The van der Waals surface area contributed by atoms with Gasteiger partial charge in [-0.3, -0.25) is 0 Å². The van der Waals surface area contributed by atoms with E-state index in [4.69, 9.17) is 16.3 Å². The molecule has 6 nitrogen and oxygen atoms in total. The Bertz CT molecular complexity index is 957. The van der Waals surface area contributed by atoms with Gasteiger partial charge in [-0.1, -0.05) is 37.3 Å². The number of aliphatic hydroxyl groups excluding tert-OH is 1. The Kier molecular flexibility index (Phi) is 7.09. The van der Waals surface area contributed by atoms with E-state index in [0.29, 0.717) is 17.9 Å². The highest BCUT2D eigenvalue weighted by molar-refractivity contribution is 7.90. The van der Waals surface area contributed by atoms with Gasteiger partial charge in [0.15, 0.2) is 14.9 Å². The summed E-state index contributed by atoms with van der Waals surface area (Å²) in [6.45, 7) is 8.88. The van der Waals surface area contributed by atoms with Crippen LogP contribution in [0.3, 0.4) is 0 Å². The van der Waals surface area contributed by atoms with E-state index in [2.05, 4.69) is 24.6 Å². The molecule has 1 unspecified atom stereocenters. The molecule has 0 saturated carbocycles. The van der Waals surface area contributed by atoms with Gasteiger partial charge >= 0.3 is 0 Å². The maximum Gasteiger partial charge on any atom is 0.194 e. The third kappa shape index (κ3) is 5.63. The average Bonchev–Trinajstić information content (AvgIpc) is 2.89. The third-order valence-corrected chi connectivity index (χ3v) is 7.36. The van der Waals surface area contributed by atoms with E-state index >= 15 is 0 Å². The quantitative estimate of drug-likeness (QED) is 0.491. The minimum atomic E-state index is -3.60. The Morgan fingerprint density at radius 3 is 2.54 bits per heavy atom. The van der Waals surface area contributed by atoms with E-state index in [1.165, 1.54) is 16.7 Å². The number of ether oxygens (including phenoxy) is 1. The van der Waals surface area contributed by atoms with Crippen LogP contribution in [0.5, 0.6) is 0 Å². The Morgan fingerprint density at radius 1 is 1.36 bits per heavy atom. The maximum atomic E-state index is 13.4. The molecular formula is C18H26ClFN2O4SSi. The minimum absolute atomic E-state index is 0.0557. The van der Waals surface area contributed by atoms with Crippen molar-refractivity contribution < 1.29 is 22.7 Å². The lowest BCUT2D eigenvalue weighted by atomic mass is 10.1. The number of nitrogens with zero attached hydrogens (tertiary/aromatic N) is 2. The Balaban J connectivity index is 2.39. The normalized spacial score (nSPS) is 13.7. The van der Waals surface area contributed by atoms with Crippen molar-refractivity contribution in [1.82, 2.24) is 9.55 Å². The van der Waals surface area contributed by atoms with Crippen LogP contribution in [0.2, 0.25) is 30.7 Å². The van der Waals surface area contributed by atoms with Crippen molar-refractivity contribution in [2.45, 2.75) is 50.5 Å². The average molecular weight is 449 g/mol. The molecule has 0 radical (unpaired) electrons. The molecule has 1 N–H and O–H groups in total. The van der Waals surface area contributed by atoms with Gasteiger partial charge in [0.25, 0.3) is 0 Å². The van der Waals surface area contributed by atoms with Crippen LogP contribution in [-0.2, 0) is 21.3 Å². The second-order valence-electron chi connectivity index (χ2n) is 7.98. The number of halogens is 2. The van der Waals surface area contributed by atoms with Crippen molar-refractivity contribution in [3.8, 4) is 0 Å². The molecule has 0 aliphatic heterocycles. The molecule has 1 aromatic heterocycles. The second kappa shape index (κ2) is 8.62. The lowest BCUT2D eigenvalue weighted by Gasteiger charge is -2.18. The maximum absolute atomic E-state index is 13.4. The van der Waals surface area contributed by atoms with E-state index in [-0.39, 0.29) is 22.6 Å². The smallest absolute Gasteiger partial charge is 0.194 e. The van der Waals surface area contributed by atoms with E-state index in [9.17, 15) is 17.9 Å². The molecule has 1 atom stereocenters. The van der Waals surface area contributed by atoms with Gasteiger partial charge in [0.05, 0.1) is 10.7 Å². The van der Waals surface area contributed by atoms with E-state index < -0.39 is 29.8 Å². The van der Waals surface area contributed by atoms with Gasteiger partial charge in [-0.2, -0.15) is 0 Å². The highest BCUT2D eigenvalue weighted by atomic mass is 35.5. The SMILES string of the molecule is Cc1c(S(C)(=O)=O)nc(C(O)c2ccc(F)c(Cl)c2)n1COCC[Si](C)(C)C. The molecular weight excluding hydrogens is 423 g/mol. The predicted octanol–water partition coefficient (Wildman–Crippen LogP) is 3.78. The van der Waals surface area contributed by atoms with Crippen molar-refractivity contribution >= 4 is 29.5 Å². The summed E-state index contributed by atoms with van der Waals surface area (Å²) < 4.78 is 44.9. The van der Waals surface area contributed by atoms with Crippen LogP contribution in [-0.4, -0.2) is 44.0 Å². The van der Waals surface area contributed by atoms with Gasteiger partial charge < -0.3 is 14.4 Å². The van der Waals surface area contributed by atoms with Crippen molar-refractivity contribution in [2.24, 2.45) is 0 Å². The Labute approximate surface area is 171 Å². The first-order chi connectivity index (χ1) is 12.8. The summed E-state index contributed by atoms with van der Waals surface area (Å²) in [6, 6.07) is 4.77. The molecule has 2 aromatic rings. The molecule has 0 saturated heterocycles. The molecule has 0 bridgehead atoms. The minimum Gasteiger partial charge on any atom is -0.380 e. The zero-order chi connectivity index (χ0) is 21.3. The van der Waals surface area contributed by atoms with Gasteiger partial charge in [-0.05, 0) is 30.7 Å². The number of aliphatic hydroxyl groups is 1. The summed E-state index contributed by atoms with van der Waals surface area (Å²) in [5.74, 6) is -0.503. The van der Waals surface area contributed by atoms with Crippen LogP contribution in [0.15, 0.2) is 23.2 Å². The van der Waals surface area contributed by atoms with Crippen molar-refractivity contribution in [1.29, 1.82) is 0 Å². The highest BCUT2D eigenvalue weighted by Crippen LogP contribution is 2.28. The summed E-state index contributed by atoms with van der Waals surface area (Å²) in [5.41, 5.74) is 0.678. The van der Waals surface area contributed by atoms with E-state index in [1.54, 1.807) is 6.92 Å². The molecule has 0 spiro atoms. The summed E-state index contributed by atoms with van der Waals surface area (Å²) in [5, 5.41) is 10.5. The molecule has 0 amide bonds. The fourth-order valence-electron chi connectivity index (χ4n) is 2.62. The van der Waals surface area contributed by atoms with Crippen molar-refractivity contribution in [2.75, 3.05) is 12.9 Å². The van der Waals surface area contributed by atoms with Gasteiger partial charge in [0.2, 0.25) is 0 Å². The lowest BCUT2D eigenvalue weighted by molar-refractivity contribution is 0.0772. The number of rotatable bonds is 8. The summed E-state index contributed by atoms with van der Waals surface area (Å²) in [7, 11) is -4.88. The number of hydrogen-bond acceptors (Lipinski definition) is 5. The standard InChI is InChI=1S/C18H26ClFN2O4SSi/c1-12-18(27(2,24)25)21-17(22(12)11-26-8-9-28(3,4)5)16(23)13-6-7-15(20)14(19)10-13/h6-7,10,16,23H,8-9,11H2,1-5H3. The number of sulfone groups is 1. The Morgan fingerprint density at radius 2 is 2.00 bits per heavy atom. The number of hydrogen-bond donors (Lipinski definition) is 1. The lowest BCUT2D eigenvalue weighted by Crippen LogP contribution is -2.22. The first kappa shape index (κ1) is 23.0. The van der Waals surface area contributed by atoms with Gasteiger partial charge in [-0.25, -0.2) is 17.8 Å². The van der Waals surface area contributed by atoms with Crippen LogP contribution in [0.25, 0.3) is 0 Å². The molecule has 1 heterocycles. The topological polar surface area (TPSA) is 81.4 Å². The van der Waals surface area contributed by atoms with Crippen LogP contribution in [0, 0.1) is 12.7 Å². The van der Waals surface area contributed by atoms with E-state index in [0.717, 1.165) is 18.4 Å². The zero-order valence-corrected chi connectivity index (χ0v) is 19.2. The first-order valence-corrected chi connectivity index (χ1v) is 14.8. The number of benzene rings is 1. The van der Waals surface area contributed by atoms with Crippen molar-refractivity contribution in [3.05, 3.63) is 46.1 Å². The monoisotopic (exact) mass is 448 g/mol. The van der Waals surface area contributed by atoms with Gasteiger partial charge in [0, 0.05) is 20.9 Å². The molecule has 156 valence electrons. The first-order valence-electron chi connectivity index (χ1n) is 8.79. The fraction of sp³-hybridized carbons (Fsp3) is 0.500. The number of aromatic nitrogens is 2. The molecule has 10 heteroatoms. The van der Waals surface area contributed by atoms with Gasteiger partial charge in [-0.15, -0.1) is 0 Å². The molecule has 0 fully saturated rings. The Hall–Kier alpha value is -1.26. The van der Waals surface area contributed by atoms with Gasteiger partial charge in [0.1, 0.15) is 24.5 Å². The summed E-state index contributed by atoms with van der Waals surface area (Å²) in [6.07, 6.45) is -0.225. The fourth-order valence-corrected chi connectivity index (χ4v) is 4.47. The third-order valence-electron chi connectivity index (χ3n) is 4.28. The second-order valence-corrected chi connectivity index (χ2v) is 15.9. The largest absolute Gasteiger partial charge is 0.380 e. The molecule has 0 aliphatic carbocycles. The van der Waals surface area contributed by atoms with Crippen LogP contribution in [0.1, 0.15) is 23.2 Å². The predicted molar refractivity (Wildman–Crippen MR) is 110 cm³/mol. The molecule has 1 aromatic carbocycles. The van der Waals surface area contributed by atoms with E-state index in [1.807, 2.05) is 0 Å².